The van der Waals surface area contributed by atoms with Crippen LogP contribution in [0.5, 0.6) is 0 Å². The second-order valence-electron chi connectivity index (χ2n) is 5.70. The summed E-state index contributed by atoms with van der Waals surface area (Å²) < 4.78 is 0. The lowest BCUT2D eigenvalue weighted by atomic mass is 10.0. The van der Waals surface area contributed by atoms with Gasteiger partial charge in [-0.05, 0) is 61.6 Å². The van der Waals surface area contributed by atoms with E-state index in [2.05, 4.69) is 30.4 Å². The third-order valence-corrected chi connectivity index (χ3v) is 5.72. The van der Waals surface area contributed by atoms with Crippen molar-refractivity contribution in [2.45, 2.75) is 45.1 Å². The van der Waals surface area contributed by atoms with Crippen LogP contribution < -0.4 is 5.32 Å². The van der Waals surface area contributed by atoms with Crippen LogP contribution in [0.3, 0.4) is 0 Å². The first-order chi connectivity index (χ1) is 10.3. The summed E-state index contributed by atoms with van der Waals surface area (Å²) in [7, 11) is 0. The van der Waals surface area contributed by atoms with Gasteiger partial charge in [-0.1, -0.05) is 37.1 Å². The average molecular weight is 320 g/mol. The first-order valence-electron chi connectivity index (χ1n) is 7.88. The molecule has 0 amide bonds. The predicted octanol–water partition coefficient (Wildman–Crippen LogP) is 5.37. The van der Waals surface area contributed by atoms with Gasteiger partial charge < -0.3 is 5.32 Å². The summed E-state index contributed by atoms with van der Waals surface area (Å²) >= 11 is 8.02. The van der Waals surface area contributed by atoms with Crippen molar-refractivity contribution in [2.75, 3.05) is 6.54 Å². The molecule has 1 nitrogen and oxygen atoms in total. The molecule has 0 radical (unpaired) electrons. The largest absolute Gasteiger partial charge is 0.306 e. The summed E-state index contributed by atoms with van der Waals surface area (Å²) in [5.41, 5.74) is 2.89. The van der Waals surface area contributed by atoms with Crippen molar-refractivity contribution in [3.63, 3.8) is 0 Å². The molecule has 0 aliphatic heterocycles. The Balaban J connectivity index is 1.92. The van der Waals surface area contributed by atoms with E-state index in [4.69, 9.17) is 11.6 Å². The van der Waals surface area contributed by atoms with E-state index in [1.165, 1.54) is 42.5 Å². The second kappa shape index (κ2) is 6.95. The number of nitrogens with one attached hydrogen (secondary N) is 1. The molecule has 3 rings (SSSR count). The predicted molar refractivity (Wildman–Crippen MR) is 92.5 cm³/mol. The lowest BCUT2D eigenvalue weighted by Crippen LogP contribution is -2.21. The maximum atomic E-state index is 6.02. The lowest BCUT2D eigenvalue weighted by Gasteiger charge is -2.17. The minimum Gasteiger partial charge on any atom is -0.306 e. The van der Waals surface area contributed by atoms with Crippen molar-refractivity contribution < 1.29 is 0 Å². The van der Waals surface area contributed by atoms with Gasteiger partial charge in [0, 0.05) is 14.8 Å². The van der Waals surface area contributed by atoms with E-state index in [1.54, 1.807) is 10.4 Å². The van der Waals surface area contributed by atoms with Gasteiger partial charge in [0.15, 0.2) is 0 Å². The molecule has 1 unspecified atom stereocenters. The molecular formula is C18H22ClNS. The Hall–Kier alpha value is -0.830. The Labute approximate surface area is 136 Å². The van der Waals surface area contributed by atoms with E-state index in [9.17, 15) is 0 Å². The van der Waals surface area contributed by atoms with Gasteiger partial charge >= 0.3 is 0 Å². The number of hydrogen-bond acceptors (Lipinski definition) is 2. The van der Waals surface area contributed by atoms with Crippen LogP contribution in [0.2, 0.25) is 5.02 Å². The van der Waals surface area contributed by atoms with E-state index in [1.807, 2.05) is 23.5 Å². The zero-order valence-electron chi connectivity index (χ0n) is 12.5. The van der Waals surface area contributed by atoms with Crippen molar-refractivity contribution in [1.82, 2.24) is 5.32 Å². The molecule has 1 aromatic carbocycles. The summed E-state index contributed by atoms with van der Waals surface area (Å²) in [6.07, 6.45) is 6.59. The molecule has 3 heteroatoms. The summed E-state index contributed by atoms with van der Waals surface area (Å²) in [4.78, 5) is 3.06. The van der Waals surface area contributed by atoms with Gasteiger partial charge in [0.2, 0.25) is 0 Å². The average Bonchev–Trinajstić information content (AvgIpc) is 2.76. The van der Waals surface area contributed by atoms with Crippen LogP contribution in [0, 0.1) is 0 Å². The standard InChI is InChI=1S/C18H22ClNS/c1-2-20-18(13-8-10-15(19)11-9-13)17-12-14-6-4-3-5-7-16(14)21-17/h8-12,18,20H,2-7H2,1H3. The highest BCUT2D eigenvalue weighted by Gasteiger charge is 2.19. The Morgan fingerprint density at radius 2 is 1.90 bits per heavy atom. The SMILES string of the molecule is CCNC(c1ccc(Cl)cc1)c1cc2c(s1)CCCCC2. The van der Waals surface area contributed by atoms with Crippen molar-refractivity contribution >= 4 is 22.9 Å². The highest BCUT2D eigenvalue weighted by atomic mass is 35.5. The highest BCUT2D eigenvalue weighted by Crippen LogP contribution is 2.35. The van der Waals surface area contributed by atoms with E-state index in [0.717, 1.165) is 11.6 Å². The van der Waals surface area contributed by atoms with Gasteiger partial charge in [-0.3, -0.25) is 0 Å². The molecule has 1 aliphatic rings. The third kappa shape index (κ3) is 3.50. The number of aryl methyl sites for hydroxylation is 2. The third-order valence-electron chi connectivity index (χ3n) is 4.16. The van der Waals surface area contributed by atoms with Gasteiger partial charge in [0.05, 0.1) is 6.04 Å². The molecule has 0 bridgehead atoms. The van der Waals surface area contributed by atoms with E-state index < -0.39 is 0 Å². The Morgan fingerprint density at radius 1 is 1.14 bits per heavy atom. The maximum absolute atomic E-state index is 6.02. The minimum atomic E-state index is 0.296. The van der Waals surface area contributed by atoms with Crippen molar-refractivity contribution in [1.29, 1.82) is 0 Å². The van der Waals surface area contributed by atoms with Crippen molar-refractivity contribution in [3.05, 3.63) is 56.2 Å². The van der Waals surface area contributed by atoms with Gasteiger partial charge in [-0.2, -0.15) is 0 Å². The number of fused-ring (bicyclic) bond motifs is 1. The molecule has 1 atom stereocenters. The Morgan fingerprint density at radius 3 is 2.67 bits per heavy atom. The lowest BCUT2D eigenvalue weighted by molar-refractivity contribution is 0.639. The smallest absolute Gasteiger partial charge is 0.0671 e. The second-order valence-corrected chi connectivity index (χ2v) is 7.30. The molecule has 1 aromatic heterocycles. The van der Waals surface area contributed by atoms with Gasteiger partial charge in [-0.15, -0.1) is 11.3 Å². The van der Waals surface area contributed by atoms with Crippen LogP contribution in [0.15, 0.2) is 30.3 Å². The first-order valence-corrected chi connectivity index (χ1v) is 9.07. The Bertz CT molecular complexity index is 564. The van der Waals surface area contributed by atoms with Crippen LogP contribution in [0.25, 0.3) is 0 Å². The van der Waals surface area contributed by atoms with Gasteiger partial charge in [-0.25, -0.2) is 0 Å². The molecule has 1 heterocycles. The number of halogens is 1. The first kappa shape index (κ1) is 15.1. The maximum Gasteiger partial charge on any atom is 0.0671 e. The van der Waals surface area contributed by atoms with Crippen molar-refractivity contribution in [3.8, 4) is 0 Å². The van der Waals surface area contributed by atoms with Gasteiger partial charge in [0.1, 0.15) is 0 Å². The molecule has 2 aromatic rings. The minimum absolute atomic E-state index is 0.296. The molecule has 0 saturated carbocycles. The number of hydrogen-bond donors (Lipinski definition) is 1. The van der Waals surface area contributed by atoms with Gasteiger partial charge in [0.25, 0.3) is 0 Å². The molecule has 1 aliphatic carbocycles. The Kier molecular flexibility index (Phi) is 4.99. The number of benzene rings is 1. The topological polar surface area (TPSA) is 12.0 Å². The number of rotatable bonds is 4. The number of thiophene rings is 1. The monoisotopic (exact) mass is 319 g/mol. The van der Waals surface area contributed by atoms with Crippen LogP contribution in [-0.2, 0) is 12.8 Å². The summed E-state index contributed by atoms with van der Waals surface area (Å²) in [5.74, 6) is 0. The fraction of sp³-hybridized carbons (Fsp3) is 0.444. The fourth-order valence-corrected chi connectivity index (χ4v) is 4.56. The molecule has 112 valence electrons. The van der Waals surface area contributed by atoms with E-state index in [-0.39, 0.29) is 0 Å². The van der Waals surface area contributed by atoms with Crippen LogP contribution in [-0.4, -0.2) is 6.54 Å². The van der Waals surface area contributed by atoms with Crippen molar-refractivity contribution in [2.24, 2.45) is 0 Å². The fourth-order valence-electron chi connectivity index (χ4n) is 3.07. The molecule has 0 spiro atoms. The molecule has 21 heavy (non-hydrogen) atoms. The van der Waals surface area contributed by atoms with Crippen LogP contribution in [0.4, 0.5) is 0 Å². The van der Waals surface area contributed by atoms with E-state index in [0.29, 0.717) is 6.04 Å². The normalized spacial score (nSPS) is 16.3. The zero-order chi connectivity index (χ0) is 14.7. The molecular weight excluding hydrogens is 298 g/mol. The van der Waals surface area contributed by atoms with E-state index >= 15 is 0 Å². The zero-order valence-corrected chi connectivity index (χ0v) is 14.1. The molecule has 0 saturated heterocycles. The highest BCUT2D eigenvalue weighted by molar-refractivity contribution is 7.12. The summed E-state index contributed by atoms with van der Waals surface area (Å²) in [5, 5.41) is 4.43. The quantitative estimate of drug-likeness (QED) is 0.747. The van der Waals surface area contributed by atoms with Crippen LogP contribution in [0.1, 0.15) is 53.1 Å². The molecule has 0 fully saturated rings. The molecule has 1 N–H and O–H groups in total. The summed E-state index contributed by atoms with van der Waals surface area (Å²) in [6, 6.07) is 11.0. The summed E-state index contributed by atoms with van der Waals surface area (Å²) in [6.45, 7) is 3.14. The van der Waals surface area contributed by atoms with Crippen LogP contribution >= 0.6 is 22.9 Å².